The van der Waals surface area contributed by atoms with Crippen molar-refractivity contribution in [2.45, 2.75) is 20.4 Å². The molecule has 0 aliphatic heterocycles. The van der Waals surface area contributed by atoms with Crippen molar-refractivity contribution in [3.63, 3.8) is 0 Å². The van der Waals surface area contributed by atoms with Gasteiger partial charge in [-0.15, -0.1) is 0 Å². The van der Waals surface area contributed by atoms with Gasteiger partial charge in [0.1, 0.15) is 17.3 Å². The smallest absolute Gasteiger partial charge is 0.134 e. The molecule has 0 amide bonds. The Morgan fingerprint density at radius 1 is 1.16 bits per heavy atom. The molecule has 0 unspecified atom stereocenters. The molecule has 3 rings (SSSR count). The summed E-state index contributed by atoms with van der Waals surface area (Å²) in [6, 6.07) is 12.3. The van der Waals surface area contributed by atoms with Crippen LogP contribution in [-0.4, -0.2) is 9.55 Å². The normalized spacial score (nSPS) is 10.8. The van der Waals surface area contributed by atoms with Gasteiger partial charge in [0.2, 0.25) is 0 Å². The first kappa shape index (κ1) is 11.8. The van der Waals surface area contributed by atoms with Crippen LogP contribution in [0, 0.1) is 13.8 Å². The monoisotopic (exact) mass is 252 g/mol. The molecular weight excluding hydrogens is 236 g/mol. The SMILES string of the molecule is Cc1oc(-c2ccccc2)cc1Cn1ccnc1C. The van der Waals surface area contributed by atoms with Crippen LogP contribution >= 0.6 is 0 Å². The van der Waals surface area contributed by atoms with E-state index in [2.05, 4.69) is 27.8 Å². The van der Waals surface area contributed by atoms with E-state index in [1.54, 1.807) is 0 Å². The summed E-state index contributed by atoms with van der Waals surface area (Å²) in [7, 11) is 0. The minimum atomic E-state index is 0.800. The molecule has 0 saturated carbocycles. The van der Waals surface area contributed by atoms with Crippen LogP contribution in [0.3, 0.4) is 0 Å². The van der Waals surface area contributed by atoms with Crippen molar-refractivity contribution < 1.29 is 4.42 Å². The Kier molecular flexibility index (Phi) is 2.95. The number of furan rings is 1. The van der Waals surface area contributed by atoms with E-state index >= 15 is 0 Å². The van der Waals surface area contributed by atoms with Crippen LogP contribution in [0.4, 0.5) is 0 Å². The van der Waals surface area contributed by atoms with Gasteiger partial charge in [-0.25, -0.2) is 4.98 Å². The maximum atomic E-state index is 5.86. The molecule has 0 atom stereocenters. The van der Waals surface area contributed by atoms with E-state index < -0.39 is 0 Å². The zero-order chi connectivity index (χ0) is 13.2. The van der Waals surface area contributed by atoms with Crippen molar-refractivity contribution in [2.24, 2.45) is 0 Å². The predicted octanol–water partition coefficient (Wildman–Crippen LogP) is 3.81. The molecule has 2 aromatic heterocycles. The molecule has 0 fully saturated rings. The fraction of sp³-hybridized carbons (Fsp3) is 0.188. The Bertz CT molecular complexity index is 680. The summed E-state index contributed by atoms with van der Waals surface area (Å²) in [6.45, 7) is 4.82. The first-order chi connectivity index (χ1) is 9.24. The van der Waals surface area contributed by atoms with Crippen molar-refractivity contribution in [1.82, 2.24) is 9.55 Å². The Balaban J connectivity index is 1.92. The van der Waals surface area contributed by atoms with Crippen LogP contribution in [0.1, 0.15) is 17.1 Å². The second-order valence-corrected chi connectivity index (χ2v) is 4.66. The van der Waals surface area contributed by atoms with Crippen LogP contribution in [0.25, 0.3) is 11.3 Å². The molecule has 0 spiro atoms. The van der Waals surface area contributed by atoms with Crippen LogP contribution in [0.5, 0.6) is 0 Å². The number of hydrogen-bond acceptors (Lipinski definition) is 2. The van der Waals surface area contributed by atoms with Gasteiger partial charge in [0.05, 0.1) is 6.54 Å². The van der Waals surface area contributed by atoms with Crippen molar-refractivity contribution in [3.05, 3.63) is 65.9 Å². The Hall–Kier alpha value is -2.29. The van der Waals surface area contributed by atoms with Gasteiger partial charge >= 0.3 is 0 Å². The van der Waals surface area contributed by atoms with Crippen molar-refractivity contribution in [1.29, 1.82) is 0 Å². The molecular formula is C16H16N2O. The Labute approximate surface area is 112 Å². The van der Waals surface area contributed by atoms with Gasteiger partial charge in [0.25, 0.3) is 0 Å². The van der Waals surface area contributed by atoms with Crippen LogP contribution < -0.4 is 0 Å². The van der Waals surface area contributed by atoms with Gasteiger partial charge in [0.15, 0.2) is 0 Å². The fourth-order valence-electron chi connectivity index (χ4n) is 2.18. The van der Waals surface area contributed by atoms with Crippen LogP contribution in [0.15, 0.2) is 53.2 Å². The number of hydrogen-bond donors (Lipinski definition) is 0. The fourth-order valence-corrected chi connectivity index (χ4v) is 2.18. The molecule has 0 N–H and O–H groups in total. The molecule has 1 aromatic carbocycles. The minimum Gasteiger partial charge on any atom is -0.461 e. The third-order valence-corrected chi connectivity index (χ3v) is 3.34. The topological polar surface area (TPSA) is 31.0 Å². The first-order valence-corrected chi connectivity index (χ1v) is 6.36. The molecule has 0 radical (unpaired) electrons. The van der Waals surface area contributed by atoms with E-state index in [1.807, 2.05) is 44.4 Å². The number of rotatable bonds is 3. The summed E-state index contributed by atoms with van der Waals surface area (Å²) in [5, 5.41) is 0. The van der Waals surface area contributed by atoms with Gasteiger partial charge in [-0.1, -0.05) is 30.3 Å². The summed E-state index contributed by atoms with van der Waals surface area (Å²) in [5.41, 5.74) is 2.30. The standard InChI is InChI=1S/C16H16N2O/c1-12-15(11-18-9-8-17-13(18)2)10-16(19-12)14-6-4-3-5-7-14/h3-10H,11H2,1-2H3. The van der Waals surface area contributed by atoms with Crippen LogP contribution in [0.2, 0.25) is 0 Å². The van der Waals surface area contributed by atoms with Gasteiger partial charge in [-0.2, -0.15) is 0 Å². The number of aromatic nitrogens is 2. The molecule has 0 saturated heterocycles. The molecule has 2 heterocycles. The lowest BCUT2D eigenvalue weighted by molar-refractivity contribution is 0.540. The third kappa shape index (κ3) is 2.32. The summed E-state index contributed by atoms with van der Waals surface area (Å²) >= 11 is 0. The molecule has 3 heteroatoms. The highest BCUT2D eigenvalue weighted by Crippen LogP contribution is 2.25. The quantitative estimate of drug-likeness (QED) is 0.709. The highest BCUT2D eigenvalue weighted by atomic mass is 16.3. The Morgan fingerprint density at radius 2 is 1.95 bits per heavy atom. The maximum absolute atomic E-state index is 5.86. The second kappa shape index (κ2) is 4.76. The number of nitrogens with zero attached hydrogens (tertiary/aromatic N) is 2. The average molecular weight is 252 g/mol. The minimum absolute atomic E-state index is 0.800. The third-order valence-electron chi connectivity index (χ3n) is 3.34. The first-order valence-electron chi connectivity index (χ1n) is 6.36. The number of imidazole rings is 1. The van der Waals surface area contributed by atoms with Gasteiger partial charge in [-0.05, 0) is 19.9 Å². The van der Waals surface area contributed by atoms with Crippen molar-refractivity contribution >= 4 is 0 Å². The average Bonchev–Trinajstić information content (AvgIpc) is 2.99. The number of aryl methyl sites for hydroxylation is 2. The zero-order valence-corrected chi connectivity index (χ0v) is 11.1. The molecule has 96 valence electrons. The van der Waals surface area contributed by atoms with E-state index in [0.29, 0.717) is 0 Å². The molecule has 0 aliphatic rings. The summed E-state index contributed by atoms with van der Waals surface area (Å²) in [6.07, 6.45) is 3.81. The van der Waals surface area contributed by atoms with E-state index in [0.717, 1.165) is 29.5 Å². The highest BCUT2D eigenvalue weighted by Gasteiger charge is 2.10. The maximum Gasteiger partial charge on any atom is 0.134 e. The van der Waals surface area contributed by atoms with Crippen molar-refractivity contribution in [2.75, 3.05) is 0 Å². The van der Waals surface area contributed by atoms with Gasteiger partial charge in [-0.3, -0.25) is 0 Å². The van der Waals surface area contributed by atoms with Gasteiger partial charge < -0.3 is 8.98 Å². The van der Waals surface area contributed by atoms with Crippen molar-refractivity contribution in [3.8, 4) is 11.3 Å². The Morgan fingerprint density at radius 3 is 2.63 bits per heavy atom. The summed E-state index contributed by atoms with van der Waals surface area (Å²) in [4.78, 5) is 4.24. The highest BCUT2D eigenvalue weighted by molar-refractivity contribution is 5.58. The molecule has 3 aromatic rings. The number of benzene rings is 1. The van der Waals surface area contributed by atoms with E-state index in [1.165, 1.54) is 5.56 Å². The lowest BCUT2D eigenvalue weighted by Gasteiger charge is -2.02. The molecule has 19 heavy (non-hydrogen) atoms. The zero-order valence-electron chi connectivity index (χ0n) is 11.1. The predicted molar refractivity (Wildman–Crippen MR) is 74.9 cm³/mol. The largest absolute Gasteiger partial charge is 0.461 e. The summed E-state index contributed by atoms with van der Waals surface area (Å²) < 4.78 is 7.97. The van der Waals surface area contributed by atoms with Gasteiger partial charge in [0, 0.05) is 23.5 Å². The molecule has 0 aliphatic carbocycles. The lowest BCUT2D eigenvalue weighted by Crippen LogP contribution is -2.00. The summed E-state index contributed by atoms with van der Waals surface area (Å²) in [5.74, 6) is 2.90. The van der Waals surface area contributed by atoms with Crippen LogP contribution in [-0.2, 0) is 6.54 Å². The molecule has 3 nitrogen and oxygen atoms in total. The lowest BCUT2D eigenvalue weighted by atomic mass is 10.1. The second-order valence-electron chi connectivity index (χ2n) is 4.66. The van der Waals surface area contributed by atoms with E-state index in [9.17, 15) is 0 Å². The van der Waals surface area contributed by atoms with E-state index in [4.69, 9.17) is 4.42 Å². The molecule has 0 bridgehead atoms. The van der Waals surface area contributed by atoms with E-state index in [-0.39, 0.29) is 0 Å².